The van der Waals surface area contributed by atoms with Crippen molar-refractivity contribution in [3.05, 3.63) is 0 Å². The average molecular weight is 162 g/mol. The van der Waals surface area contributed by atoms with Crippen molar-refractivity contribution in [2.45, 2.75) is 31.2 Å². The van der Waals surface area contributed by atoms with Gasteiger partial charge in [-0.15, -0.1) is 11.6 Å². The molecule has 0 radical (unpaired) electrons. The van der Waals surface area contributed by atoms with E-state index in [0.717, 1.165) is 6.42 Å². The number of nitrogens with zero attached hydrogens (tertiary/aromatic N) is 1. The molecule has 2 nitrogen and oxygen atoms in total. The Balaban J connectivity index is 4.20. The van der Waals surface area contributed by atoms with Crippen LogP contribution in [0, 0.1) is 11.3 Å². The van der Waals surface area contributed by atoms with Gasteiger partial charge in [0.05, 0.1) is 11.7 Å². The van der Waals surface area contributed by atoms with E-state index in [1.807, 2.05) is 19.9 Å². The molecule has 2 unspecified atom stereocenters. The Morgan fingerprint density at radius 2 is 2.30 bits per heavy atom. The number of hydrogen-bond acceptors (Lipinski definition) is 2. The summed E-state index contributed by atoms with van der Waals surface area (Å²) in [5, 5.41) is 7.90. The third-order valence-corrected chi connectivity index (χ3v) is 2.38. The second-order valence-electron chi connectivity index (χ2n) is 2.36. The van der Waals surface area contributed by atoms with Gasteiger partial charge in [-0.1, -0.05) is 6.92 Å². The van der Waals surface area contributed by atoms with E-state index in [9.17, 15) is 0 Å². The van der Waals surface area contributed by atoms with Gasteiger partial charge in [-0.25, -0.2) is 0 Å². The molecule has 0 saturated heterocycles. The van der Waals surface area contributed by atoms with E-state index in [1.165, 1.54) is 0 Å². The van der Waals surface area contributed by atoms with Gasteiger partial charge < -0.3 is 4.74 Å². The van der Waals surface area contributed by atoms with Gasteiger partial charge in [0.2, 0.25) is 0 Å². The highest BCUT2D eigenvalue weighted by atomic mass is 35.5. The Labute approximate surface area is 66.7 Å². The van der Waals surface area contributed by atoms with Crippen molar-refractivity contribution < 1.29 is 4.74 Å². The van der Waals surface area contributed by atoms with Crippen LogP contribution in [-0.4, -0.2) is 18.1 Å². The van der Waals surface area contributed by atoms with E-state index < -0.39 is 11.0 Å². The number of ether oxygens (including phenoxy) is 1. The van der Waals surface area contributed by atoms with Crippen molar-refractivity contribution in [3.8, 4) is 6.07 Å². The first-order chi connectivity index (χ1) is 4.60. The minimum atomic E-state index is -0.567. The van der Waals surface area contributed by atoms with Crippen LogP contribution in [0.3, 0.4) is 0 Å². The first-order valence-corrected chi connectivity index (χ1v) is 3.63. The maximum absolute atomic E-state index is 8.47. The molecule has 0 aromatic heterocycles. The number of nitriles is 1. The molecule has 58 valence electrons. The maximum Gasteiger partial charge on any atom is 0.149 e. The molecule has 0 saturated carbocycles. The van der Waals surface area contributed by atoms with E-state index in [4.69, 9.17) is 21.6 Å². The van der Waals surface area contributed by atoms with E-state index in [1.54, 1.807) is 7.11 Å². The zero-order chi connectivity index (χ0) is 8.20. The second kappa shape index (κ2) is 3.80. The van der Waals surface area contributed by atoms with E-state index in [0.29, 0.717) is 0 Å². The molecule has 0 heterocycles. The van der Waals surface area contributed by atoms with Crippen molar-refractivity contribution in [2.75, 3.05) is 7.11 Å². The van der Waals surface area contributed by atoms with Crippen LogP contribution in [0.15, 0.2) is 0 Å². The topological polar surface area (TPSA) is 33.0 Å². The Morgan fingerprint density at radius 3 is 2.40 bits per heavy atom. The smallest absolute Gasteiger partial charge is 0.149 e. The second-order valence-corrected chi connectivity index (χ2v) is 2.80. The molecule has 0 aromatic rings. The van der Waals surface area contributed by atoms with Gasteiger partial charge in [0, 0.05) is 7.11 Å². The Hall–Kier alpha value is -0.260. The maximum atomic E-state index is 8.47. The monoisotopic (exact) mass is 161 g/mol. The SMILES string of the molecule is CCC(C)(OC)C(Cl)C#N. The molecule has 0 N–H and O–H groups in total. The fourth-order valence-electron chi connectivity index (χ4n) is 0.564. The van der Waals surface area contributed by atoms with Crippen LogP contribution in [0.1, 0.15) is 20.3 Å². The van der Waals surface area contributed by atoms with Crippen LogP contribution < -0.4 is 0 Å². The van der Waals surface area contributed by atoms with Gasteiger partial charge in [0.15, 0.2) is 0 Å². The van der Waals surface area contributed by atoms with Crippen LogP contribution in [-0.2, 0) is 4.74 Å². The summed E-state index contributed by atoms with van der Waals surface area (Å²) in [7, 11) is 1.57. The lowest BCUT2D eigenvalue weighted by molar-refractivity contribution is 0.00986. The van der Waals surface area contributed by atoms with Crippen LogP contribution in [0.4, 0.5) is 0 Å². The lowest BCUT2D eigenvalue weighted by Crippen LogP contribution is -2.36. The fraction of sp³-hybridized carbons (Fsp3) is 0.857. The van der Waals surface area contributed by atoms with Crippen molar-refractivity contribution >= 4 is 11.6 Å². The molecule has 0 aliphatic heterocycles. The summed E-state index contributed by atoms with van der Waals surface area (Å²) < 4.78 is 5.09. The number of halogens is 1. The molecular weight excluding hydrogens is 150 g/mol. The first kappa shape index (κ1) is 9.74. The first-order valence-electron chi connectivity index (χ1n) is 3.19. The number of hydrogen-bond donors (Lipinski definition) is 0. The molecule has 0 aromatic carbocycles. The van der Waals surface area contributed by atoms with E-state index >= 15 is 0 Å². The van der Waals surface area contributed by atoms with Crippen molar-refractivity contribution in [1.82, 2.24) is 0 Å². The number of methoxy groups -OCH3 is 1. The summed E-state index contributed by atoms with van der Waals surface area (Å²) >= 11 is 5.69. The third-order valence-electron chi connectivity index (χ3n) is 1.82. The zero-order valence-corrected chi connectivity index (χ0v) is 7.27. The average Bonchev–Trinajstić information content (AvgIpc) is 2.01. The van der Waals surface area contributed by atoms with Crippen LogP contribution >= 0.6 is 11.6 Å². The predicted octanol–water partition coefficient (Wildman–Crippen LogP) is 1.93. The molecule has 10 heavy (non-hydrogen) atoms. The molecule has 0 bridgehead atoms. The molecule has 0 aliphatic rings. The summed E-state index contributed by atoms with van der Waals surface area (Å²) in [5.74, 6) is 0. The molecule has 0 spiro atoms. The fourth-order valence-corrected chi connectivity index (χ4v) is 0.807. The highest BCUT2D eigenvalue weighted by Gasteiger charge is 2.30. The lowest BCUT2D eigenvalue weighted by Gasteiger charge is -2.27. The quantitative estimate of drug-likeness (QED) is 0.593. The van der Waals surface area contributed by atoms with Crippen LogP contribution in [0.25, 0.3) is 0 Å². The van der Waals surface area contributed by atoms with Gasteiger partial charge in [-0.05, 0) is 13.3 Å². The highest BCUT2D eigenvalue weighted by molar-refractivity contribution is 6.23. The largest absolute Gasteiger partial charge is 0.376 e. The Kier molecular flexibility index (Phi) is 3.70. The molecule has 0 rings (SSSR count). The number of alkyl halides is 1. The Morgan fingerprint density at radius 1 is 1.80 bits per heavy atom. The van der Waals surface area contributed by atoms with Gasteiger partial charge >= 0.3 is 0 Å². The van der Waals surface area contributed by atoms with Crippen LogP contribution in [0.5, 0.6) is 0 Å². The van der Waals surface area contributed by atoms with Crippen molar-refractivity contribution in [1.29, 1.82) is 5.26 Å². The highest BCUT2D eigenvalue weighted by Crippen LogP contribution is 2.22. The Bertz CT molecular complexity index is 137. The molecule has 0 fully saturated rings. The molecule has 0 aliphatic carbocycles. The van der Waals surface area contributed by atoms with Crippen LogP contribution in [0.2, 0.25) is 0 Å². The summed E-state index contributed by atoms with van der Waals surface area (Å²) in [5.41, 5.74) is -0.504. The summed E-state index contributed by atoms with van der Waals surface area (Å²) in [6.45, 7) is 3.77. The van der Waals surface area contributed by atoms with Gasteiger partial charge in [0.1, 0.15) is 5.38 Å². The predicted molar refractivity (Wildman–Crippen MR) is 41.0 cm³/mol. The molecule has 0 amide bonds. The van der Waals surface area contributed by atoms with Gasteiger partial charge in [0.25, 0.3) is 0 Å². The molecular formula is C7H12ClNO. The minimum absolute atomic E-state index is 0.504. The third kappa shape index (κ3) is 1.86. The van der Waals surface area contributed by atoms with Gasteiger partial charge in [-0.2, -0.15) is 5.26 Å². The summed E-state index contributed by atoms with van der Waals surface area (Å²) in [6, 6.07) is 1.95. The van der Waals surface area contributed by atoms with E-state index in [2.05, 4.69) is 0 Å². The van der Waals surface area contributed by atoms with Crippen molar-refractivity contribution in [2.24, 2.45) is 0 Å². The van der Waals surface area contributed by atoms with E-state index in [-0.39, 0.29) is 0 Å². The summed E-state index contributed by atoms with van der Waals surface area (Å²) in [4.78, 5) is 0. The molecule has 2 atom stereocenters. The van der Waals surface area contributed by atoms with Gasteiger partial charge in [-0.3, -0.25) is 0 Å². The zero-order valence-electron chi connectivity index (χ0n) is 6.52. The minimum Gasteiger partial charge on any atom is -0.376 e. The summed E-state index contributed by atoms with van der Waals surface area (Å²) in [6.07, 6.45) is 0.741. The lowest BCUT2D eigenvalue weighted by atomic mass is 9.99. The number of rotatable bonds is 3. The molecule has 3 heteroatoms. The normalized spacial score (nSPS) is 19.1. The van der Waals surface area contributed by atoms with Crippen molar-refractivity contribution in [3.63, 3.8) is 0 Å². The standard InChI is InChI=1S/C7H12ClNO/c1-4-7(2,10-3)6(8)5-9/h6H,4H2,1-3H3.